The van der Waals surface area contributed by atoms with Gasteiger partial charge in [-0.1, -0.05) is 0 Å². The van der Waals surface area contributed by atoms with Gasteiger partial charge in [0.2, 0.25) is 0 Å². The maximum absolute atomic E-state index is 10.8. The third kappa shape index (κ3) is 6.31. The zero-order valence-corrected chi connectivity index (χ0v) is 9.93. The Labute approximate surface area is 85.7 Å². The predicted molar refractivity (Wildman–Crippen MR) is 55.0 cm³/mol. The summed E-state index contributed by atoms with van der Waals surface area (Å²) in [4.78, 5) is 0. The Morgan fingerprint density at radius 2 is 1.79 bits per heavy atom. The zero-order chi connectivity index (χ0) is 11.2. The van der Waals surface area contributed by atoms with E-state index >= 15 is 0 Å². The van der Waals surface area contributed by atoms with Gasteiger partial charge in [-0.2, -0.15) is 0 Å². The van der Waals surface area contributed by atoms with Crippen molar-refractivity contribution in [3.63, 3.8) is 0 Å². The molecule has 1 atom stereocenters. The first-order valence-electron chi connectivity index (χ1n) is 4.37. The molecule has 0 aliphatic carbocycles. The van der Waals surface area contributed by atoms with Gasteiger partial charge in [0.25, 0.3) is 0 Å². The molecular weight excluding hydrogens is 206 g/mol. The topological polar surface area (TPSA) is 64.6 Å². The molecule has 0 spiro atoms. The average Bonchev–Trinajstić information content (AvgIpc) is 2.04. The van der Waals surface area contributed by atoms with Gasteiger partial charge in [0.05, 0.1) is 11.8 Å². The first kappa shape index (κ1) is 13.8. The second-order valence-electron chi connectivity index (χ2n) is 3.21. The Bertz CT molecular complexity index is 236. The smallest absolute Gasteiger partial charge is 0.171 e. The lowest BCUT2D eigenvalue weighted by atomic mass is 10.3. The van der Waals surface area contributed by atoms with Gasteiger partial charge >= 0.3 is 0 Å². The molecule has 0 aliphatic heterocycles. The van der Waals surface area contributed by atoms with E-state index < -0.39 is 9.84 Å². The summed E-state index contributed by atoms with van der Waals surface area (Å²) >= 11 is 0. The van der Waals surface area contributed by atoms with Gasteiger partial charge in [-0.25, -0.2) is 8.42 Å². The van der Waals surface area contributed by atoms with Gasteiger partial charge < -0.3 is 14.8 Å². The van der Waals surface area contributed by atoms with Gasteiger partial charge in [-0.15, -0.1) is 0 Å². The Balaban J connectivity index is 3.78. The first-order chi connectivity index (χ1) is 6.40. The molecule has 0 aromatic carbocycles. The lowest BCUT2D eigenvalue weighted by Gasteiger charge is -2.21. The Kier molecular flexibility index (Phi) is 6.26. The van der Waals surface area contributed by atoms with E-state index in [0.29, 0.717) is 6.54 Å². The molecule has 0 aromatic heterocycles. The highest BCUT2D eigenvalue weighted by Crippen LogP contribution is 1.97. The monoisotopic (exact) mass is 225 g/mol. The number of sulfone groups is 1. The molecule has 0 rings (SSSR count). The number of methoxy groups -OCH3 is 2. The molecule has 86 valence electrons. The van der Waals surface area contributed by atoms with Crippen LogP contribution >= 0.6 is 0 Å². The molecule has 14 heavy (non-hydrogen) atoms. The van der Waals surface area contributed by atoms with Crippen LogP contribution in [0.25, 0.3) is 0 Å². The zero-order valence-electron chi connectivity index (χ0n) is 9.11. The van der Waals surface area contributed by atoms with E-state index in [1.165, 1.54) is 6.26 Å². The van der Waals surface area contributed by atoms with Crippen LogP contribution in [-0.2, 0) is 19.3 Å². The molecule has 1 unspecified atom stereocenters. The summed E-state index contributed by atoms with van der Waals surface area (Å²) in [7, 11) is 0.186. The van der Waals surface area contributed by atoms with Gasteiger partial charge in [0.1, 0.15) is 9.84 Å². The molecule has 0 saturated heterocycles. The fourth-order valence-electron chi connectivity index (χ4n) is 1.07. The van der Waals surface area contributed by atoms with Crippen molar-refractivity contribution in [2.45, 2.75) is 19.3 Å². The minimum atomic E-state index is -2.90. The highest BCUT2D eigenvalue weighted by Gasteiger charge is 2.15. The summed E-state index contributed by atoms with van der Waals surface area (Å²) in [6, 6.07) is -0.0354. The standard InChI is InChI=1S/C8H19NO4S/c1-7(8(12-2)13-3)9-5-6-14(4,10)11/h7-9H,5-6H2,1-4H3. The lowest BCUT2D eigenvalue weighted by molar-refractivity contribution is -0.119. The van der Waals surface area contributed by atoms with Crippen LogP contribution in [0.4, 0.5) is 0 Å². The normalized spacial score (nSPS) is 14.6. The van der Waals surface area contributed by atoms with Gasteiger partial charge in [0.15, 0.2) is 6.29 Å². The fourth-order valence-corrected chi connectivity index (χ4v) is 1.56. The van der Waals surface area contributed by atoms with E-state index in [4.69, 9.17) is 9.47 Å². The summed E-state index contributed by atoms with van der Waals surface area (Å²) in [5.74, 6) is 0.123. The van der Waals surface area contributed by atoms with Crippen molar-refractivity contribution in [2.24, 2.45) is 0 Å². The van der Waals surface area contributed by atoms with E-state index in [0.717, 1.165) is 0 Å². The Morgan fingerprint density at radius 3 is 2.14 bits per heavy atom. The number of hydrogen-bond acceptors (Lipinski definition) is 5. The molecule has 0 aliphatic rings. The van der Waals surface area contributed by atoms with Crippen molar-refractivity contribution < 1.29 is 17.9 Å². The average molecular weight is 225 g/mol. The van der Waals surface area contributed by atoms with Crippen LogP contribution in [0, 0.1) is 0 Å². The molecule has 0 bridgehead atoms. The highest BCUT2D eigenvalue weighted by molar-refractivity contribution is 7.90. The van der Waals surface area contributed by atoms with Crippen molar-refractivity contribution in [2.75, 3.05) is 32.8 Å². The largest absolute Gasteiger partial charge is 0.354 e. The molecule has 0 saturated carbocycles. The van der Waals surface area contributed by atoms with Crippen molar-refractivity contribution in [3.8, 4) is 0 Å². The first-order valence-corrected chi connectivity index (χ1v) is 6.43. The Morgan fingerprint density at radius 1 is 1.29 bits per heavy atom. The molecule has 0 aromatic rings. The van der Waals surface area contributed by atoms with Crippen molar-refractivity contribution >= 4 is 9.84 Å². The van der Waals surface area contributed by atoms with E-state index in [9.17, 15) is 8.42 Å². The SMILES string of the molecule is COC(OC)C(C)NCCS(C)(=O)=O. The highest BCUT2D eigenvalue weighted by atomic mass is 32.2. The van der Waals surface area contributed by atoms with Gasteiger partial charge in [0, 0.05) is 27.0 Å². The minimum absolute atomic E-state index is 0.0354. The predicted octanol–water partition coefficient (Wildman–Crippen LogP) is -0.372. The summed E-state index contributed by atoms with van der Waals surface area (Å²) in [5.41, 5.74) is 0. The van der Waals surface area contributed by atoms with E-state index in [2.05, 4.69) is 5.32 Å². The number of hydrogen-bond donors (Lipinski definition) is 1. The Hall–Kier alpha value is -0.170. The summed E-state index contributed by atoms with van der Waals surface area (Å²) in [6.07, 6.45) is 0.860. The van der Waals surface area contributed by atoms with Crippen LogP contribution in [0.1, 0.15) is 6.92 Å². The summed E-state index contributed by atoms with van der Waals surface area (Å²) < 4.78 is 31.7. The summed E-state index contributed by atoms with van der Waals surface area (Å²) in [5, 5.41) is 3.01. The number of rotatable bonds is 7. The summed E-state index contributed by atoms with van der Waals surface area (Å²) in [6.45, 7) is 2.28. The van der Waals surface area contributed by atoms with E-state index in [1.807, 2.05) is 6.92 Å². The molecule has 5 nitrogen and oxygen atoms in total. The van der Waals surface area contributed by atoms with Crippen LogP contribution in [0.3, 0.4) is 0 Å². The maximum Gasteiger partial charge on any atom is 0.171 e. The van der Waals surface area contributed by atoms with Crippen LogP contribution in [0.15, 0.2) is 0 Å². The van der Waals surface area contributed by atoms with Crippen molar-refractivity contribution in [1.29, 1.82) is 0 Å². The van der Waals surface area contributed by atoms with Crippen LogP contribution in [0.5, 0.6) is 0 Å². The third-order valence-corrected chi connectivity index (χ3v) is 2.76. The molecular formula is C8H19NO4S. The maximum atomic E-state index is 10.8. The van der Waals surface area contributed by atoms with Crippen molar-refractivity contribution in [1.82, 2.24) is 5.32 Å². The van der Waals surface area contributed by atoms with Crippen LogP contribution < -0.4 is 5.32 Å². The van der Waals surface area contributed by atoms with E-state index in [1.54, 1.807) is 14.2 Å². The van der Waals surface area contributed by atoms with Gasteiger partial charge in [-0.3, -0.25) is 0 Å². The minimum Gasteiger partial charge on any atom is -0.354 e. The second kappa shape index (κ2) is 6.34. The second-order valence-corrected chi connectivity index (χ2v) is 5.47. The molecule has 6 heteroatoms. The fraction of sp³-hybridized carbons (Fsp3) is 1.00. The van der Waals surface area contributed by atoms with Crippen LogP contribution in [-0.4, -0.2) is 53.5 Å². The molecule has 1 N–H and O–H groups in total. The molecule has 0 amide bonds. The molecule has 0 fully saturated rings. The van der Waals surface area contributed by atoms with E-state index in [-0.39, 0.29) is 18.1 Å². The lowest BCUT2D eigenvalue weighted by Crippen LogP contribution is -2.41. The van der Waals surface area contributed by atoms with Crippen molar-refractivity contribution in [3.05, 3.63) is 0 Å². The van der Waals surface area contributed by atoms with Crippen LogP contribution in [0.2, 0.25) is 0 Å². The molecule has 0 radical (unpaired) electrons. The van der Waals surface area contributed by atoms with Gasteiger partial charge in [-0.05, 0) is 6.92 Å². The number of ether oxygens (including phenoxy) is 2. The molecule has 0 heterocycles. The quantitative estimate of drug-likeness (QED) is 0.599. The number of nitrogens with one attached hydrogen (secondary N) is 1. The third-order valence-electron chi connectivity index (χ3n) is 1.81.